The fourth-order valence-corrected chi connectivity index (χ4v) is 3.57. The molecule has 0 saturated carbocycles. The van der Waals surface area contributed by atoms with Crippen LogP contribution in [0.15, 0.2) is 34.3 Å². The molecule has 2 aromatic rings. The predicted molar refractivity (Wildman–Crippen MR) is 87.4 cm³/mol. The van der Waals surface area contributed by atoms with Crippen LogP contribution in [0.4, 0.5) is 10.1 Å². The van der Waals surface area contributed by atoms with Crippen molar-refractivity contribution in [2.24, 2.45) is 0 Å². The average molecular weight is 333 g/mol. The number of halogens is 1. The van der Waals surface area contributed by atoms with Gasteiger partial charge in [-0.3, -0.25) is 14.2 Å². The van der Waals surface area contributed by atoms with Crippen LogP contribution in [0.2, 0.25) is 0 Å². The average Bonchev–Trinajstić information content (AvgIpc) is 2.90. The third-order valence-corrected chi connectivity index (χ3v) is 4.89. The molecule has 2 heterocycles. The standard InChI is InChI=1S/C16H16FN3O2S/c1-9-3-4-11(5-13(9)17)19-14(21)6-12-8-23-16-18-7-10(2)15(22)20(12)16/h3-5,7,12H,6,8H2,1-2H3,(H,19,21)/t12-/m1/s1. The number of amides is 1. The maximum Gasteiger partial charge on any atom is 0.257 e. The zero-order valence-corrected chi connectivity index (χ0v) is 13.6. The Morgan fingerprint density at radius 3 is 2.96 bits per heavy atom. The number of anilines is 1. The molecule has 0 radical (unpaired) electrons. The number of carbonyl (C=O) groups is 1. The van der Waals surface area contributed by atoms with E-state index in [0.717, 1.165) is 0 Å². The monoisotopic (exact) mass is 333 g/mol. The third kappa shape index (κ3) is 3.14. The van der Waals surface area contributed by atoms with E-state index in [1.54, 1.807) is 36.7 Å². The number of nitrogens with zero attached hydrogens (tertiary/aromatic N) is 2. The maximum absolute atomic E-state index is 13.5. The number of hydrogen-bond acceptors (Lipinski definition) is 4. The van der Waals surface area contributed by atoms with E-state index in [1.165, 1.54) is 17.8 Å². The van der Waals surface area contributed by atoms with Crippen molar-refractivity contribution in [2.75, 3.05) is 11.1 Å². The molecule has 0 saturated heterocycles. The highest BCUT2D eigenvalue weighted by molar-refractivity contribution is 7.99. The van der Waals surface area contributed by atoms with Crippen molar-refractivity contribution >= 4 is 23.4 Å². The molecule has 1 aliphatic rings. The Kier molecular flexibility index (Phi) is 4.21. The number of rotatable bonds is 3. The number of nitrogens with one attached hydrogen (secondary N) is 1. The molecule has 120 valence electrons. The number of thioether (sulfide) groups is 1. The largest absolute Gasteiger partial charge is 0.326 e. The van der Waals surface area contributed by atoms with Gasteiger partial charge in [0.05, 0.1) is 6.04 Å². The molecule has 0 unspecified atom stereocenters. The Bertz CT molecular complexity index is 835. The van der Waals surface area contributed by atoms with E-state index in [0.29, 0.717) is 27.7 Å². The normalized spacial score (nSPS) is 16.2. The van der Waals surface area contributed by atoms with E-state index in [9.17, 15) is 14.0 Å². The molecular formula is C16H16FN3O2S. The number of carbonyl (C=O) groups excluding carboxylic acids is 1. The van der Waals surface area contributed by atoms with Gasteiger partial charge in [0, 0.05) is 29.6 Å². The minimum Gasteiger partial charge on any atom is -0.326 e. The Morgan fingerprint density at radius 2 is 2.22 bits per heavy atom. The summed E-state index contributed by atoms with van der Waals surface area (Å²) in [4.78, 5) is 28.6. The van der Waals surface area contributed by atoms with Crippen molar-refractivity contribution in [3.8, 4) is 0 Å². The van der Waals surface area contributed by atoms with Crippen molar-refractivity contribution in [1.82, 2.24) is 9.55 Å². The number of benzene rings is 1. The first-order valence-electron chi connectivity index (χ1n) is 7.22. The number of aryl methyl sites for hydroxylation is 2. The molecule has 0 spiro atoms. The Morgan fingerprint density at radius 1 is 1.43 bits per heavy atom. The van der Waals surface area contributed by atoms with Gasteiger partial charge < -0.3 is 5.32 Å². The van der Waals surface area contributed by atoms with Gasteiger partial charge in [-0.25, -0.2) is 9.37 Å². The lowest BCUT2D eigenvalue weighted by molar-refractivity contribution is -0.116. The summed E-state index contributed by atoms with van der Waals surface area (Å²) >= 11 is 1.46. The van der Waals surface area contributed by atoms with Gasteiger partial charge in [-0.1, -0.05) is 17.8 Å². The Hall–Kier alpha value is -2.15. The highest BCUT2D eigenvalue weighted by Gasteiger charge is 2.27. The molecule has 1 aromatic heterocycles. The number of fused-ring (bicyclic) bond motifs is 1. The summed E-state index contributed by atoms with van der Waals surface area (Å²) in [6.07, 6.45) is 1.71. The molecule has 1 atom stereocenters. The van der Waals surface area contributed by atoms with Crippen LogP contribution >= 0.6 is 11.8 Å². The quantitative estimate of drug-likeness (QED) is 0.877. The fraction of sp³-hybridized carbons (Fsp3) is 0.312. The van der Waals surface area contributed by atoms with Gasteiger partial charge in [-0.2, -0.15) is 0 Å². The lowest BCUT2D eigenvalue weighted by Gasteiger charge is -2.13. The summed E-state index contributed by atoms with van der Waals surface area (Å²) in [6, 6.07) is 4.34. The number of aromatic nitrogens is 2. The van der Waals surface area contributed by atoms with Crippen LogP contribution in [-0.4, -0.2) is 21.2 Å². The van der Waals surface area contributed by atoms with E-state index in [4.69, 9.17) is 0 Å². The maximum atomic E-state index is 13.5. The fourth-order valence-electron chi connectivity index (χ4n) is 2.47. The number of hydrogen-bond donors (Lipinski definition) is 1. The summed E-state index contributed by atoms with van der Waals surface area (Å²) in [5.41, 5.74) is 1.39. The molecule has 1 N–H and O–H groups in total. The van der Waals surface area contributed by atoms with E-state index in [2.05, 4.69) is 10.3 Å². The van der Waals surface area contributed by atoms with Gasteiger partial charge in [0.2, 0.25) is 5.91 Å². The van der Waals surface area contributed by atoms with Crippen molar-refractivity contribution in [3.05, 3.63) is 51.7 Å². The van der Waals surface area contributed by atoms with Gasteiger partial charge in [0.1, 0.15) is 5.82 Å². The summed E-state index contributed by atoms with van der Waals surface area (Å²) in [5.74, 6) is 0.0159. The lowest BCUT2D eigenvalue weighted by atomic mass is 10.2. The first kappa shape index (κ1) is 15.7. The molecule has 0 fully saturated rings. The van der Waals surface area contributed by atoms with Crippen LogP contribution in [0, 0.1) is 19.7 Å². The van der Waals surface area contributed by atoms with Gasteiger partial charge >= 0.3 is 0 Å². The summed E-state index contributed by atoms with van der Waals surface area (Å²) in [5, 5.41) is 3.32. The van der Waals surface area contributed by atoms with Crippen LogP contribution in [0.3, 0.4) is 0 Å². The molecule has 0 aliphatic carbocycles. The van der Waals surface area contributed by atoms with Crippen molar-refractivity contribution in [1.29, 1.82) is 0 Å². The van der Waals surface area contributed by atoms with E-state index in [1.807, 2.05) is 0 Å². The van der Waals surface area contributed by atoms with Crippen molar-refractivity contribution in [2.45, 2.75) is 31.5 Å². The second-order valence-electron chi connectivity index (χ2n) is 5.58. The van der Waals surface area contributed by atoms with Gasteiger partial charge in [-0.05, 0) is 31.5 Å². The molecule has 3 rings (SSSR count). The van der Waals surface area contributed by atoms with Crippen LogP contribution in [-0.2, 0) is 4.79 Å². The predicted octanol–water partition coefficient (Wildman–Crippen LogP) is 2.67. The van der Waals surface area contributed by atoms with Crippen LogP contribution in [0.25, 0.3) is 0 Å². The molecule has 1 aliphatic heterocycles. The molecule has 5 nitrogen and oxygen atoms in total. The minimum atomic E-state index is -0.361. The van der Waals surface area contributed by atoms with Crippen molar-refractivity contribution < 1.29 is 9.18 Å². The second-order valence-corrected chi connectivity index (χ2v) is 6.57. The molecule has 7 heteroatoms. The highest BCUT2D eigenvalue weighted by atomic mass is 32.2. The van der Waals surface area contributed by atoms with E-state index >= 15 is 0 Å². The van der Waals surface area contributed by atoms with Gasteiger partial charge in [-0.15, -0.1) is 0 Å². The van der Waals surface area contributed by atoms with Crippen molar-refractivity contribution in [3.63, 3.8) is 0 Å². The highest BCUT2D eigenvalue weighted by Crippen LogP contribution is 2.32. The van der Waals surface area contributed by atoms with Gasteiger partial charge in [0.15, 0.2) is 5.16 Å². The first-order chi connectivity index (χ1) is 11.0. The molecule has 1 aromatic carbocycles. The van der Waals surface area contributed by atoms with Gasteiger partial charge in [0.25, 0.3) is 5.56 Å². The molecule has 0 bridgehead atoms. The van der Waals surface area contributed by atoms with Crippen LogP contribution in [0.5, 0.6) is 0 Å². The third-order valence-electron chi connectivity index (χ3n) is 3.78. The zero-order valence-electron chi connectivity index (χ0n) is 12.8. The van der Waals surface area contributed by atoms with Crippen LogP contribution in [0.1, 0.15) is 23.6 Å². The summed E-state index contributed by atoms with van der Waals surface area (Å²) in [7, 11) is 0. The molecular weight excluding hydrogens is 317 g/mol. The second kappa shape index (κ2) is 6.16. The summed E-state index contributed by atoms with van der Waals surface area (Å²) < 4.78 is 15.1. The minimum absolute atomic E-state index is 0.112. The lowest BCUT2D eigenvalue weighted by Crippen LogP contribution is -2.28. The topological polar surface area (TPSA) is 64.0 Å². The van der Waals surface area contributed by atoms with Crippen LogP contribution < -0.4 is 10.9 Å². The Balaban J connectivity index is 1.74. The first-order valence-corrected chi connectivity index (χ1v) is 8.21. The Labute approximate surface area is 136 Å². The SMILES string of the molecule is Cc1ccc(NC(=O)C[C@@H]2CSc3ncc(C)c(=O)n32)cc1F. The smallest absolute Gasteiger partial charge is 0.257 e. The zero-order chi connectivity index (χ0) is 16.6. The molecule has 23 heavy (non-hydrogen) atoms. The van der Waals surface area contributed by atoms with E-state index in [-0.39, 0.29) is 29.7 Å². The summed E-state index contributed by atoms with van der Waals surface area (Å²) in [6.45, 7) is 3.37. The van der Waals surface area contributed by atoms with E-state index < -0.39 is 0 Å². The molecule has 1 amide bonds.